The van der Waals surface area contributed by atoms with Crippen molar-refractivity contribution in [3.8, 4) is 22.9 Å². The SMILES string of the molecule is CN(C)[C@H]1C(=O)C(C(N)=O)C(=O)[C@]2(O)C(=O)C3C(=O)c4c(O)ccc(-c5ccc(C#N)cc5)c4C[C@@H]3C[C@H]12. The molecule has 1 amide bonds. The summed E-state index contributed by atoms with van der Waals surface area (Å²) < 4.78 is 0. The average molecular weight is 516 g/mol. The second-order valence-corrected chi connectivity index (χ2v) is 10.5. The van der Waals surface area contributed by atoms with Gasteiger partial charge in [0.1, 0.15) is 5.75 Å². The van der Waals surface area contributed by atoms with Gasteiger partial charge in [-0.15, -0.1) is 0 Å². The Balaban J connectivity index is 1.65. The van der Waals surface area contributed by atoms with Gasteiger partial charge in [-0.2, -0.15) is 5.26 Å². The number of benzene rings is 2. The molecule has 10 heteroatoms. The molecule has 10 nitrogen and oxygen atoms in total. The van der Waals surface area contributed by atoms with Crippen molar-refractivity contribution in [2.75, 3.05) is 14.1 Å². The topological polar surface area (TPSA) is 179 Å². The van der Waals surface area contributed by atoms with Crippen molar-refractivity contribution < 1.29 is 34.2 Å². The third kappa shape index (κ3) is 3.36. The molecule has 0 radical (unpaired) electrons. The van der Waals surface area contributed by atoms with Gasteiger partial charge in [-0.3, -0.25) is 28.9 Å². The first-order valence-electron chi connectivity index (χ1n) is 12.1. The van der Waals surface area contributed by atoms with Crippen molar-refractivity contribution >= 4 is 29.0 Å². The molecule has 2 unspecified atom stereocenters. The Bertz CT molecular complexity index is 1470. The highest BCUT2D eigenvalue weighted by atomic mass is 16.3. The Hall–Kier alpha value is -4.20. The number of aromatic hydroxyl groups is 1. The van der Waals surface area contributed by atoms with Gasteiger partial charge >= 0.3 is 0 Å². The standard InChI is InChI=1S/C28H25N3O7/c1-31(2)22-17-10-14-9-16-15(13-5-3-12(11-29)4-6-13)7-8-18(32)20(16)23(33)19(14)25(35)28(17,38)26(36)21(24(22)34)27(30)37/h3-8,14,17,19,21-22,32,38H,9-10H2,1-2H3,(H2,30,37)/t14-,17-,19?,21?,22-,28-/m1/s1. The van der Waals surface area contributed by atoms with Crippen LogP contribution in [0, 0.1) is 35.0 Å². The summed E-state index contributed by atoms with van der Waals surface area (Å²) in [6.07, 6.45) is 0.141. The van der Waals surface area contributed by atoms with Crippen LogP contribution in [-0.2, 0) is 25.6 Å². The molecule has 3 aliphatic carbocycles. The number of carbonyl (C=O) groups is 5. The van der Waals surface area contributed by atoms with Crippen molar-refractivity contribution in [1.29, 1.82) is 5.26 Å². The van der Waals surface area contributed by atoms with Crippen LogP contribution in [0.2, 0.25) is 0 Å². The molecule has 0 aliphatic heterocycles. The van der Waals surface area contributed by atoms with Gasteiger partial charge in [0, 0.05) is 5.92 Å². The van der Waals surface area contributed by atoms with Crippen LogP contribution in [0.3, 0.4) is 0 Å². The number of primary amides is 1. The quantitative estimate of drug-likeness (QED) is 0.488. The zero-order valence-electron chi connectivity index (χ0n) is 20.7. The minimum Gasteiger partial charge on any atom is -0.507 e. The van der Waals surface area contributed by atoms with E-state index in [0.29, 0.717) is 22.3 Å². The summed E-state index contributed by atoms with van der Waals surface area (Å²) in [5, 5.41) is 31.4. The minimum atomic E-state index is -2.75. The Labute approximate surface area is 217 Å². The third-order valence-electron chi connectivity index (χ3n) is 8.27. The molecule has 0 heterocycles. The third-order valence-corrected chi connectivity index (χ3v) is 8.27. The molecule has 6 atom stereocenters. The number of phenolic OH excluding ortho intramolecular Hbond substituents is 1. The fourth-order valence-electron chi connectivity index (χ4n) is 6.60. The Kier molecular flexibility index (Phi) is 5.82. The van der Waals surface area contributed by atoms with Crippen LogP contribution in [0.15, 0.2) is 36.4 Å². The zero-order valence-corrected chi connectivity index (χ0v) is 20.7. The zero-order chi connectivity index (χ0) is 27.7. The molecule has 2 fully saturated rings. The number of nitrogens with zero attached hydrogens (tertiary/aromatic N) is 2. The first-order valence-corrected chi connectivity index (χ1v) is 12.1. The summed E-state index contributed by atoms with van der Waals surface area (Å²) in [5.74, 6) is -10.8. The van der Waals surface area contributed by atoms with Crippen molar-refractivity contribution in [2.24, 2.45) is 29.4 Å². The van der Waals surface area contributed by atoms with Crippen LogP contribution < -0.4 is 5.73 Å². The van der Waals surface area contributed by atoms with Gasteiger partial charge in [0.2, 0.25) is 5.91 Å². The van der Waals surface area contributed by atoms with Crippen LogP contribution in [-0.4, -0.2) is 69.9 Å². The number of ketones is 4. The molecule has 0 saturated heterocycles. The monoisotopic (exact) mass is 515 g/mol. The average Bonchev–Trinajstić information content (AvgIpc) is 2.86. The van der Waals surface area contributed by atoms with Gasteiger partial charge in [0.05, 0.1) is 29.2 Å². The molecule has 38 heavy (non-hydrogen) atoms. The molecule has 4 N–H and O–H groups in total. The normalized spacial score (nSPS) is 30.3. The van der Waals surface area contributed by atoms with E-state index in [1.165, 1.54) is 25.1 Å². The summed E-state index contributed by atoms with van der Waals surface area (Å²) in [7, 11) is 3.07. The number of nitrogens with two attached hydrogens (primary N) is 1. The van der Waals surface area contributed by atoms with Crippen molar-refractivity contribution in [3.63, 3.8) is 0 Å². The van der Waals surface area contributed by atoms with E-state index < -0.39 is 64.4 Å². The summed E-state index contributed by atoms with van der Waals surface area (Å²) in [6, 6.07) is 10.6. The van der Waals surface area contributed by atoms with E-state index >= 15 is 0 Å². The van der Waals surface area contributed by atoms with Gasteiger partial charge in [0.25, 0.3) is 0 Å². The van der Waals surface area contributed by atoms with E-state index in [9.17, 15) is 34.2 Å². The number of rotatable bonds is 3. The van der Waals surface area contributed by atoms with Crippen LogP contribution in [0.4, 0.5) is 0 Å². The highest BCUT2D eigenvalue weighted by Gasteiger charge is 2.69. The van der Waals surface area contributed by atoms with Crippen molar-refractivity contribution in [2.45, 2.75) is 24.5 Å². The van der Waals surface area contributed by atoms with Gasteiger partial charge in [-0.25, -0.2) is 0 Å². The molecule has 2 saturated carbocycles. The molecular formula is C28H25N3O7. The number of phenols is 1. The van der Waals surface area contributed by atoms with Crippen molar-refractivity contribution in [1.82, 2.24) is 4.90 Å². The molecule has 5 rings (SSSR count). The van der Waals surface area contributed by atoms with Gasteiger partial charge in [-0.1, -0.05) is 18.2 Å². The maximum absolute atomic E-state index is 13.8. The number of likely N-dealkylation sites (N-methyl/N-ethyl adjacent to an activating group) is 1. The van der Waals surface area contributed by atoms with Crippen molar-refractivity contribution in [3.05, 3.63) is 53.1 Å². The Morgan fingerprint density at radius 1 is 1.08 bits per heavy atom. The molecule has 2 aromatic carbocycles. The molecule has 0 aromatic heterocycles. The smallest absolute Gasteiger partial charge is 0.235 e. The summed E-state index contributed by atoms with van der Waals surface area (Å²) in [4.78, 5) is 67.6. The summed E-state index contributed by atoms with van der Waals surface area (Å²) in [5.41, 5.74) is 4.79. The number of fused-ring (bicyclic) bond motifs is 3. The molecule has 0 spiro atoms. The second kappa shape index (κ2) is 8.68. The fraction of sp³-hybridized carbons (Fsp3) is 0.357. The largest absolute Gasteiger partial charge is 0.507 e. The van der Waals surface area contributed by atoms with E-state index in [2.05, 4.69) is 0 Å². The Morgan fingerprint density at radius 3 is 2.32 bits per heavy atom. The van der Waals surface area contributed by atoms with Crippen LogP contribution in [0.25, 0.3) is 11.1 Å². The van der Waals surface area contributed by atoms with E-state index in [4.69, 9.17) is 11.0 Å². The van der Waals surface area contributed by atoms with Crippen LogP contribution in [0.1, 0.15) is 27.9 Å². The lowest BCUT2D eigenvalue weighted by Gasteiger charge is -2.52. The maximum Gasteiger partial charge on any atom is 0.235 e. The van der Waals surface area contributed by atoms with E-state index in [0.717, 1.165) is 0 Å². The number of hydrogen-bond acceptors (Lipinski definition) is 9. The van der Waals surface area contributed by atoms with Crippen LogP contribution in [0.5, 0.6) is 5.75 Å². The number of hydrogen-bond donors (Lipinski definition) is 3. The first-order chi connectivity index (χ1) is 17.9. The highest BCUT2D eigenvalue weighted by Crippen LogP contribution is 2.51. The fourth-order valence-corrected chi connectivity index (χ4v) is 6.60. The highest BCUT2D eigenvalue weighted by molar-refractivity contribution is 6.32. The van der Waals surface area contributed by atoms with E-state index in [-0.39, 0.29) is 24.2 Å². The van der Waals surface area contributed by atoms with E-state index in [1.54, 1.807) is 30.3 Å². The molecular weight excluding hydrogens is 490 g/mol. The van der Waals surface area contributed by atoms with E-state index in [1.807, 2.05) is 6.07 Å². The van der Waals surface area contributed by atoms with Gasteiger partial charge in [-0.05, 0) is 67.7 Å². The summed E-state index contributed by atoms with van der Waals surface area (Å²) >= 11 is 0. The minimum absolute atomic E-state index is 0.0215. The molecule has 2 aromatic rings. The number of carbonyl (C=O) groups excluding carboxylic acids is 5. The predicted molar refractivity (Wildman–Crippen MR) is 132 cm³/mol. The lowest BCUT2D eigenvalue weighted by molar-refractivity contribution is -0.181. The maximum atomic E-state index is 13.8. The predicted octanol–water partition coefficient (Wildman–Crippen LogP) is 0.406. The first kappa shape index (κ1) is 25.4. The number of aliphatic hydroxyl groups is 1. The molecule has 194 valence electrons. The Morgan fingerprint density at radius 2 is 1.74 bits per heavy atom. The van der Waals surface area contributed by atoms with Gasteiger partial charge in [0.15, 0.2) is 34.7 Å². The summed E-state index contributed by atoms with van der Waals surface area (Å²) in [6.45, 7) is 0. The lowest BCUT2D eigenvalue weighted by atomic mass is 9.52. The molecule has 3 aliphatic rings. The van der Waals surface area contributed by atoms with Crippen LogP contribution >= 0.6 is 0 Å². The lowest BCUT2D eigenvalue weighted by Crippen LogP contribution is -2.74. The number of nitriles is 1. The second-order valence-electron chi connectivity index (χ2n) is 10.5. The number of amides is 1. The molecule has 0 bridgehead atoms. The van der Waals surface area contributed by atoms with Gasteiger partial charge < -0.3 is 15.9 Å². The number of Topliss-reactive ketones (excluding diaryl/α,β-unsaturated/α-hetero) is 4.